The Morgan fingerprint density at radius 2 is 2.00 bits per heavy atom. The molecule has 1 atom stereocenters. The smallest absolute Gasteiger partial charge is 0.318 e. The molecule has 88 valence electrons. The summed E-state index contributed by atoms with van der Waals surface area (Å²) < 4.78 is 0. The third kappa shape index (κ3) is 4.53. The van der Waals surface area contributed by atoms with Crippen molar-refractivity contribution in [2.75, 3.05) is 7.05 Å². The molecule has 0 rings (SSSR count). The van der Waals surface area contributed by atoms with E-state index in [1.165, 1.54) is 4.90 Å². The number of oxime groups is 1. The number of amidine groups is 1. The Morgan fingerprint density at radius 3 is 2.33 bits per heavy atom. The molecule has 0 aliphatic carbocycles. The highest BCUT2D eigenvalue weighted by Crippen LogP contribution is 2.02. The summed E-state index contributed by atoms with van der Waals surface area (Å²) in [6.07, 6.45) is 0. The number of carbonyl (C=O) groups excluding carboxylic acids is 1. The van der Waals surface area contributed by atoms with E-state index in [1.807, 2.05) is 20.8 Å². The number of hydrogen-bond donors (Lipinski definition) is 3. The molecule has 0 spiro atoms. The van der Waals surface area contributed by atoms with Gasteiger partial charge in [-0.15, -0.1) is 0 Å². The summed E-state index contributed by atoms with van der Waals surface area (Å²) in [7, 11) is 1.59. The van der Waals surface area contributed by atoms with Gasteiger partial charge in [0.2, 0.25) is 0 Å². The van der Waals surface area contributed by atoms with E-state index in [-0.39, 0.29) is 17.4 Å². The van der Waals surface area contributed by atoms with E-state index in [2.05, 4.69) is 10.5 Å². The fraction of sp³-hybridized carbons (Fsp3) is 0.778. The van der Waals surface area contributed by atoms with Gasteiger partial charge in [0.25, 0.3) is 0 Å². The number of hydrogen-bond acceptors (Lipinski definition) is 3. The number of nitrogens with two attached hydrogens (primary N) is 1. The quantitative estimate of drug-likeness (QED) is 0.272. The Morgan fingerprint density at radius 1 is 1.53 bits per heavy atom. The zero-order valence-electron chi connectivity index (χ0n) is 9.90. The minimum absolute atomic E-state index is 0.00144. The maximum Gasteiger partial charge on any atom is 0.318 e. The van der Waals surface area contributed by atoms with E-state index in [1.54, 1.807) is 14.0 Å². The van der Waals surface area contributed by atoms with Crippen molar-refractivity contribution in [2.45, 2.75) is 39.3 Å². The van der Waals surface area contributed by atoms with Gasteiger partial charge >= 0.3 is 6.03 Å². The van der Waals surface area contributed by atoms with Gasteiger partial charge in [0.15, 0.2) is 5.84 Å². The van der Waals surface area contributed by atoms with Gasteiger partial charge in [-0.1, -0.05) is 5.16 Å². The lowest BCUT2D eigenvalue weighted by Gasteiger charge is -2.29. The first kappa shape index (κ1) is 13.5. The standard InChI is InChI=1S/C9H20N4O2/c1-6(7(10)12-15)13(5)8(14)11-9(2,3)4/h6,15H,1-5H3,(H2,10,12)(H,11,14). The van der Waals surface area contributed by atoms with E-state index in [4.69, 9.17) is 10.9 Å². The van der Waals surface area contributed by atoms with Gasteiger partial charge in [0.1, 0.15) is 0 Å². The van der Waals surface area contributed by atoms with Crippen LogP contribution in [-0.2, 0) is 0 Å². The van der Waals surface area contributed by atoms with E-state index in [0.29, 0.717) is 0 Å². The van der Waals surface area contributed by atoms with Crippen LogP contribution < -0.4 is 11.1 Å². The molecule has 0 saturated carbocycles. The second-order valence-corrected chi connectivity index (χ2v) is 4.49. The maximum atomic E-state index is 11.6. The predicted octanol–water partition coefficient (Wildman–Crippen LogP) is 0.561. The first-order valence-corrected chi connectivity index (χ1v) is 4.71. The molecule has 15 heavy (non-hydrogen) atoms. The summed E-state index contributed by atoms with van der Waals surface area (Å²) in [4.78, 5) is 13.0. The number of amides is 2. The molecule has 0 heterocycles. The lowest BCUT2D eigenvalue weighted by Crippen LogP contribution is -2.52. The van der Waals surface area contributed by atoms with Gasteiger partial charge in [-0.2, -0.15) is 0 Å². The lowest BCUT2D eigenvalue weighted by atomic mass is 10.1. The zero-order valence-corrected chi connectivity index (χ0v) is 9.90. The van der Waals surface area contributed by atoms with E-state index >= 15 is 0 Å². The lowest BCUT2D eigenvalue weighted by molar-refractivity contribution is 0.194. The fourth-order valence-electron chi connectivity index (χ4n) is 0.867. The fourth-order valence-corrected chi connectivity index (χ4v) is 0.867. The van der Waals surface area contributed by atoms with Crippen LogP contribution in [0.25, 0.3) is 0 Å². The molecule has 0 radical (unpaired) electrons. The van der Waals surface area contributed by atoms with Crippen LogP contribution in [-0.4, -0.2) is 40.6 Å². The molecular weight excluding hydrogens is 196 g/mol. The van der Waals surface area contributed by atoms with Gasteiger partial charge in [0.05, 0.1) is 6.04 Å². The van der Waals surface area contributed by atoms with Crippen molar-refractivity contribution >= 4 is 11.9 Å². The minimum atomic E-state index is -0.447. The second-order valence-electron chi connectivity index (χ2n) is 4.49. The van der Waals surface area contributed by atoms with Crippen molar-refractivity contribution in [3.8, 4) is 0 Å². The topological polar surface area (TPSA) is 91.0 Å². The highest BCUT2D eigenvalue weighted by molar-refractivity contribution is 5.89. The highest BCUT2D eigenvalue weighted by atomic mass is 16.4. The Kier molecular flexibility index (Phi) is 4.39. The van der Waals surface area contributed by atoms with Gasteiger partial charge < -0.3 is 21.2 Å². The highest BCUT2D eigenvalue weighted by Gasteiger charge is 2.22. The molecule has 0 aromatic heterocycles. The first-order valence-electron chi connectivity index (χ1n) is 4.71. The summed E-state index contributed by atoms with van der Waals surface area (Å²) in [5.74, 6) is 0.00144. The monoisotopic (exact) mass is 216 g/mol. The minimum Gasteiger partial charge on any atom is -0.409 e. The molecule has 0 saturated heterocycles. The average molecular weight is 216 g/mol. The molecule has 2 amide bonds. The molecule has 0 aliphatic rings. The Labute approximate surface area is 90.1 Å². The van der Waals surface area contributed by atoms with Crippen molar-refractivity contribution in [2.24, 2.45) is 10.9 Å². The van der Waals surface area contributed by atoms with Crippen LogP contribution in [0.4, 0.5) is 4.79 Å². The predicted molar refractivity (Wildman–Crippen MR) is 58.9 cm³/mol. The summed E-state index contributed by atoms with van der Waals surface area (Å²) in [5.41, 5.74) is 5.09. The molecule has 4 N–H and O–H groups in total. The van der Waals surface area contributed by atoms with Gasteiger partial charge in [-0.25, -0.2) is 4.79 Å². The van der Waals surface area contributed by atoms with Crippen LogP contribution in [0, 0.1) is 0 Å². The van der Waals surface area contributed by atoms with Crippen LogP contribution >= 0.6 is 0 Å². The van der Waals surface area contributed by atoms with Gasteiger partial charge in [0, 0.05) is 12.6 Å². The number of urea groups is 1. The normalized spacial score (nSPS) is 14.6. The average Bonchev–Trinajstić information content (AvgIpc) is 2.11. The molecule has 0 bridgehead atoms. The SMILES string of the molecule is CC(C(N)=NO)N(C)C(=O)NC(C)(C)C. The van der Waals surface area contributed by atoms with Crippen LogP contribution in [0.2, 0.25) is 0 Å². The van der Waals surface area contributed by atoms with Gasteiger partial charge in [-0.05, 0) is 27.7 Å². The van der Waals surface area contributed by atoms with Crippen molar-refractivity contribution < 1.29 is 10.0 Å². The number of nitrogens with zero attached hydrogens (tertiary/aromatic N) is 2. The molecule has 6 heteroatoms. The number of likely N-dealkylation sites (N-methyl/N-ethyl adjacent to an activating group) is 1. The summed E-state index contributed by atoms with van der Waals surface area (Å²) >= 11 is 0. The molecule has 0 aromatic carbocycles. The molecule has 0 fully saturated rings. The maximum absolute atomic E-state index is 11.6. The van der Waals surface area contributed by atoms with Crippen LogP contribution in [0.5, 0.6) is 0 Å². The largest absolute Gasteiger partial charge is 0.409 e. The van der Waals surface area contributed by atoms with Crippen LogP contribution in [0.1, 0.15) is 27.7 Å². The summed E-state index contributed by atoms with van der Waals surface area (Å²) in [5, 5.41) is 14.1. The molecule has 1 unspecified atom stereocenters. The Balaban J connectivity index is 4.46. The zero-order chi connectivity index (χ0) is 12.2. The van der Waals surface area contributed by atoms with E-state index < -0.39 is 6.04 Å². The van der Waals surface area contributed by atoms with Crippen molar-refractivity contribution in [3.05, 3.63) is 0 Å². The van der Waals surface area contributed by atoms with E-state index in [0.717, 1.165) is 0 Å². The van der Waals surface area contributed by atoms with Crippen molar-refractivity contribution in [3.63, 3.8) is 0 Å². The molecule has 6 nitrogen and oxygen atoms in total. The van der Waals surface area contributed by atoms with Gasteiger partial charge in [-0.3, -0.25) is 0 Å². The number of nitrogens with one attached hydrogen (secondary N) is 1. The Hall–Kier alpha value is -1.46. The first-order chi connectivity index (χ1) is 6.69. The van der Waals surface area contributed by atoms with Crippen molar-refractivity contribution in [1.82, 2.24) is 10.2 Å². The van der Waals surface area contributed by atoms with Crippen LogP contribution in [0.3, 0.4) is 0 Å². The van der Waals surface area contributed by atoms with Crippen LogP contribution in [0.15, 0.2) is 5.16 Å². The summed E-state index contributed by atoms with van der Waals surface area (Å²) in [6.45, 7) is 7.32. The molecular formula is C9H20N4O2. The number of carbonyl (C=O) groups is 1. The van der Waals surface area contributed by atoms with E-state index in [9.17, 15) is 4.79 Å². The molecule has 0 aromatic rings. The summed E-state index contributed by atoms with van der Waals surface area (Å²) in [6, 6.07) is -0.709. The number of rotatable bonds is 2. The molecule has 0 aliphatic heterocycles. The second kappa shape index (κ2) is 4.86. The third-order valence-corrected chi connectivity index (χ3v) is 1.93. The third-order valence-electron chi connectivity index (χ3n) is 1.93. The Bertz CT molecular complexity index is 257. The van der Waals surface area contributed by atoms with Crippen molar-refractivity contribution in [1.29, 1.82) is 0 Å².